The van der Waals surface area contributed by atoms with E-state index in [-0.39, 0.29) is 104 Å². The third-order valence-electron chi connectivity index (χ3n) is 17.3. The van der Waals surface area contributed by atoms with Gasteiger partial charge in [0.25, 0.3) is 0 Å². The number of benzene rings is 1. The second kappa shape index (κ2) is 46.9. The van der Waals surface area contributed by atoms with Gasteiger partial charge in [0.15, 0.2) is 0 Å². The van der Waals surface area contributed by atoms with Gasteiger partial charge in [-0.15, -0.1) is 0 Å². The van der Waals surface area contributed by atoms with E-state index in [1.807, 2.05) is 0 Å². The summed E-state index contributed by atoms with van der Waals surface area (Å²) in [6, 6.07) is 10.1. The highest BCUT2D eigenvalue weighted by Crippen LogP contribution is 2.43. The SMILES string of the molecule is C.C.C.C.C.C.C.C.C.C=CC(=O)OCCCCCC(=O)OCCCCCC(=O)OC1CCC(CC[Si](OC)(OC)O[Si](CCC2CCC(OC(=O)/C=C/c3ccc(C4CCCCC4)cc3)C(O)C2)(OC)O[Si](C)(CCC2CCC3OC3C2)OC)CC1O. The van der Waals surface area contributed by atoms with E-state index < -0.39 is 62.5 Å². The first kappa shape index (κ1) is 91.3. The van der Waals surface area contributed by atoms with Crippen LogP contribution in [0.5, 0.6) is 0 Å². The summed E-state index contributed by atoms with van der Waals surface area (Å²) in [7, 11) is -3.53. The van der Waals surface area contributed by atoms with Crippen LogP contribution in [0.4, 0.5) is 0 Å². The lowest BCUT2D eigenvalue weighted by molar-refractivity contribution is -0.159. The van der Waals surface area contributed by atoms with Crippen molar-refractivity contribution < 1.29 is 79.0 Å². The van der Waals surface area contributed by atoms with Gasteiger partial charge >= 0.3 is 50.0 Å². The Balaban J connectivity index is -0.00000392. The summed E-state index contributed by atoms with van der Waals surface area (Å²) in [6.45, 7) is 6.02. The molecule has 1 aromatic rings. The Hall–Kier alpha value is -3.13. The Morgan fingerprint density at radius 2 is 1.06 bits per heavy atom. The van der Waals surface area contributed by atoms with E-state index in [4.69, 9.17) is 49.6 Å². The summed E-state index contributed by atoms with van der Waals surface area (Å²) in [5.74, 6) is -0.218. The molecule has 1 aliphatic heterocycles. The third kappa shape index (κ3) is 30.5. The van der Waals surface area contributed by atoms with Crippen LogP contribution in [0.15, 0.2) is 43.0 Å². The first-order valence-electron chi connectivity index (χ1n) is 29.9. The Morgan fingerprint density at radius 3 is 1.59 bits per heavy atom. The fraction of sp³-hybridized carbons (Fsp3) is 0.794. The van der Waals surface area contributed by atoms with Gasteiger partial charge < -0.3 is 59.8 Å². The molecule has 0 aromatic heterocycles. The van der Waals surface area contributed by atoms with E-state index in [1.165, 1.54) is 43.7 Å². The largest absolute Gasteiger partial charge is 0.493 e. The summed E-state index contributed by atoms with van der Waals surface area (Å²) < 4.78 is 67.5. The minimum Gasteiger partial charge on any atom is -0.466 e. The van der Waals surface area contributed by atoms with Gasteiger partial charge in [0.2, 0.25) is 0 Å². The van der Waals surface area contributed by atoms with Gasteiger partial charge in [-0.05, 0) is 182 Å². The topological polar surface area (TPSA) is 214 Å². The molecule has 88 heavy (non-hydrogen) atoms. The standard InChI is InChI=1S/C59H96O17Si3.9CH4/c1-7-56(62)70-36-15-9-13-19-57(63)71-37-16-10-14-20-58(64)73-52-29-23-45(41-50(52)60)34-39-78(67-3,68-4)76-79(69-5,75-77(6,66-2)38-33-47-25-31-54-55(43-47)72-54)40-35-46-24-30-53(51(61)42-46)74-59(65)32-26-44-21-27-49(28-22-44)48-17-11-8-12-18-48;;;;;;;;;/h7,21-22,26-28,32,45-48,50-55,60-61H,1,8-20,23-25,29-31,33-43H2,2-6H3;9*1H4/b32-26+;;;;;;;;;. The lowest BCUT2D eigenvalue weighted by atomic mass is 9.84. The molecule has 5 aliphatic rings. The molecular formula is C68H132O17Si3. The maximum atomic E-state index is 13.0. The zero-order valence-corrected chi connectivity index (χ0v) is 51.3. The molecule has 0 radical (unpaired) electrons. The number of ether oxygens (including phenoxy) is 5. The Labute approximate surface area is 540 Å². The molecule has 0 bridgehead atoms. The van der Waals surface area contributed by atoms with Gasteiger partial charge in [-0.1, -0.05) is 117 Å². The van der Waals surface area contributed by atoms with E-state index in [9.17, 15) is 29.4 Å². The van der Waals surface area contributed by atoms with Crippen LogP contribution in [-0.4, -0.2) is 139 Å². The number of esters is 4. The summed E-state index contributed by atoms with van der Waals surface area (Å²) in [5.41, 5.74) is 2.30. The van der Waals surface area contributed by atoms with Gasteiger partial charge in [0.05, 0.1) is 37.6 Å². The van der Waals surface area contributed by atoms with Crippen molar-refractivity contribution in [3.63, 3.8) is 0 Å². The molecule has 11 atom stereocenters. The molecule has 6 rings (SSSR count). The normalized spacial score (nSPS) is 24.2. The fourth-order valence-corrected chi connectivity index (χ4v) is 24.0. The Bertz CT molecular complexity index is 2060. The van der Waals surface area contributed by atoms with Crippen molar-refractivity contribution in [2.45, 2.75) is 295 Å². The van der Waals surface area contributed by atoms with Crippen LogP contribution in [0.3, 0.4) is 0 Å². The first-order chi connectivity index (χ1) is 38.1. The zero-order valence-electron chi connectivity index (χ0n) is 48.3. The predicted octanol–water partition coefficient (Wildman–Crippen LogP) is 16.3. The van der Waals surface area contributed by atoms with Crippen LogP contribution in [0.2, 0.25) is 24.7 Å². The van der Waals surface area contributed by atoms with E-state index in [0.717, 1.165) is 62.6 Å². The minimum atomic E-state index is -3.66. The van der Waals surface area contributed by atoms with Crippen LogP contribution in [0.25, 0.3) is 6.08 Å². The van der Waals surface area contributed by atoms with Gasteiger partial charge in [-0.3, -0.25) is 9.59 Å². The molecule has 5 fully saturated rings. The van der Waals surface area contributed by atoms with E-state index in [1.54, 1.807) is 34.5 Å². The lowest BCUT2D eigenvalue weighted by Gasteiger charge is -2.42. The van der Waals surface area contributed by atoms with Crippen LogP contribution < -0.4 is 0 Å². The smallest absolute Gasteiger partial charge is 0.466 e. The molecular weight excluding hydrogens is 1170 g/mol. The molecule has 1 aromatic carbocycles. The number of unbranched alkanes of at least 4 members (excludes halogenated alkanes) is 4. The van der Waals surface area contributed by atoms with Crippen molar-refractivity contribution in [1.82, 2.24) is 0 Å². The van der Waals surface area contributed by atoms with Crippen LogP contribution in [0.1, 0.15) is 244 Å². The number of fused-ring (bicyclic) bond motifs is 1. The molecule has 2 N–H and O–H groups in total. The molecule has 11 unspecified atom stereocenters. The van der Waals surface area contributed by atoms with Gasteiger partial charge in [-0.2, -0.15) is 0 Å². The van der Waals surface area contributed by atoms with Gasteiger partial charge in [0.1, 0.15) is 12.2 Å². The second-order valence-corrected chi connectivity index (χ2v) is 32.8. The number of aliphatic hydroxyl groups is 2. The highest BCUT2D eigenvalue weighted by molar-refractivity contribution is 6.82. The number of hydrogen-bond acceptors (Lipinski definition) is 17. The number of hydrogen-bond donors (Lipinski definition) is 2. The highest BCUT2D eigenvalue weighted by atomic mass is 28.5. The first-order valence-corrected chi connectivity index (χ1v) is 36.2. The van der Waals surface area contributed by atoms with Crippen molar-refractivity contribution in [2.75, 3.05) is 41.7 Å². The predicted molar refractivity (Wildman–Crippen MR) is 365 cm³/mol. The summed E-state index contributed by atoms with van der Waals surface area (Å²) >= 11 is 0. The molecule has 1 saturated heterocycles. The lowest BCUT2D eigenvalue weighted by Crippen LogP contribution is -2.62. The molecule has 17 nitrogen and oxygen atoms in total. The minimum absolute atomic E-state index is 0. The molecule has 0 amide bonds. The summed E-state index contributed by atoms with van der Waals surface area (Å²) in [4.78, 5) is 49.1. The van der Waals surface area contributed by atoms with Crippen molar-refractivity contribution in [2.24, 2.45) is 17.8 Å². The average Bonchev–Trinajstić information content (AvgIpc) is 2.54. The molecule has 20 heteroatoms. The third-order valence-corrected chi connectivity index (χ3v) is 28.5. The number of aliphatic hydroxyl groups excluding tert-OH is 2. The summed E-state index contributed by atoms with van der Waals surface area (Å²) in [5, 5.41) is 22.7. The zero-order chi connectivity index (χ0) is 56.7. The maximum Gasteiger partial charge on any atom is 0.493 e. The second-order valence-electron chi connectivity index (χ2n) is 23.1. The number of rotatable bonds is 35. The molecule has 1 heterocycles. The Morgan fingerprint density at radius 1 is 0.545 bits per heavy atom. The Kier molecular flexibility index (Phi) is 48.6. The number of carbonyl (C=O) groups excluding carboxylic acids is 4. The van der Waals surface area contributed by atoms with Crippen LogP contribution in [-0.2, 0) is 68.8 Å². The number of carbonyl (C=O) groups is 4. The van der Waals surface area contributed by atoms with Crippen LogP contribution >= 0.6 is 0 Å². The van der Waals surface area contributed by atoms with Gasteiger partial charge in [0, 0.05) is 65.5 Å². The van der Waals surface area contributed by atoms with Crippen molar-refractivity contribution >= 4 is 56.1 Å². The van der Waals surface area contributed by atoms with Crippen molar-refractivity contribution in [3.8, 4) is 0 Å². The quantitative estimate of drug-likeness (QED) is 0.0161. The monoisotopic (exact) mass is 1300 g/mol. The van der Waals surface area contributed by atoms with E-state index in [2.05, 4.69) is 37.4 Å². The van der Waals surface area contributed by atoms with Crippen LogP contribution in [0, 0.1) is 17.8 Å². The molecule has 4 saturated carbocycles. The average molecular weight is 1310 g/mol. The molecule has 4 aliphatic carbocycles. The highest BCUT2D eigenvalue weighted by Gasteiger charge is 2.56. The van der Waals surface area contributed by atoms with Crippen molar-refractivity contribution in [1.29, 1.82) is 0 Å². The maximum absolute atomic E-state index is 13.0. The molecule has 0 spiro atoms. The molecule has 518 valence electrons. The number of epoxide rings is 1. The van der Waals surface area contributed by atoms with E-state index >= 15 is 0 Å². The van der Waals surface area contributed by atoms with E-state index in [0.29, 0.717) is 120 Å². The summed E-state index contributed by atoms with van der Waals surface area (Å²) in [6.07, 6.45) is 22.0. The fourth-order valence-electron chi connectivity index (χ4n) is 12.2. The van der Waals surface area contributed by atoms with Crippen molar-refractivity contribution in [3.05, 3.63) is 54.1 Å². The van der Waals surface area contributed by atoms with Gasteiger partial charge in [-0.25, -0.2) is 9.59 Å².